The fraction of sp³-hybridized carbons (Fsp3) is 0.429. The number of hydrogen-bond acceptors (Lipinski definition) is 7. The van der Waals surface area contributed by atoms with E-state index in [9.17, 15) is 4.79 Å². The lowest BCUT2D eigenvalue weighted by Crippen LogP contribution is -2.43. The molecule has 1 fully saturated rings. The summed E-state index contributed by atoms with van der Waals surface area (Å²) in [5, 5.41) is 7.46. The Balaban J connectivity index is 1.36. The third kappa shape index (κ3) is 4.02. The monoisotopic (exact) mass is 499 g/mol. The Morgan fingerprint density at radius 1 is 1.30 bits per heavy atom. The Morgan fingerprint density at radius 2 is 2.16 bits per heavy atom. The average Bonchev–Trinajstić information content (AvgIpc) is 3.63. The molecular formula is C28H33N7O2. The van der Waals surface area contributed by atoms with Crippen molar-refractivity contribution in [2.75, 3.05) is 39.2 Å². The molecule has 3 aliphatic heterocycles. The summed E-state index contributed by atoms with van der Waals surface area (Å²) < 4.78 is 7.72. The summed E-state index contributed by atoms with van der Waals surface area (Å²) in [6.45, 7) is 5.12. The SMILES string of the molecule is CN(C)CC1=NC(Nc2cnc(-c3ccnc4c3ccn4C)c3c2C(=O)NC3)=CCC1(C)[C@@H]1CCOC1. The first kappa shape index (κ1) is 23.8. The highest BCUT2D eigenvalue weighted by molar-refractivity contribution is 6.06. The highest BCUT2D eigenvalue weighted by Gasteiger charge is 2.42. The molecule has 192 valence electrons. The molecule has 6 rings (SSSR count). The smallest absolute Gasteiger partial charge is 0.254 e. The van der Waals surface area contributed by atoms with Crippen molar-refractivity contribution in [2.24, 2.45) is 23.4 Å². The normalized spacial score (nSPS) is 23.3. The summed E-state index contributed by atoms with van der Waals surface area (Å²) in [6, 6.07) is 4.01. The molecule has 3 aromatic heterocycles. The fourth-order valence-corrected chi connectivity index (χ4v) is 5.86. The molecule has 1 unspecified atom stereocenters. The number of aliphatic imine (C=N–C) groups is 1. The van der Waals surface area contributed by atoms with Crippen LogP contribution in [0.15, 0.2) is 47.6 Å². The van der Waals surface area contributed by atoms with Gasteiger partial charge in [-0.15, -0.1) is 0 Å². The maximum absolute atomic E-state index is 13.0. The molecule has 0 aromatic carbocycles. The maximum Gasteiger partial charge on any atom is 0.254 e. The van der Waals surface area contributed by atoms with E-state index in [1.54, 1.807) is 12.4 Å². The number of carbonyl (C=O) groups excluding carboxylic acids is 1. The van der Waals surface area contributed by atoms with Crippen LogP contribution in [-0.4, -0.2) is 64.9 Å². The number of hydrogen-bond donors (Lipinski definition) is 2. The minimum atomic E-state index is -0.0960. The Labute approximate surface area is 216 Å². The molecule has 1 amide bonds. The van der Waals surface area contributed by atoms with Crippen LogP contribution in [0.5, 0.6) is 0 Å². The number of nitrogens with one attached hydrogen (secondary N) is 2. The molecule has 2 atom stereocenters. The van der Waals surface area contributed by atoms with Gasteiger partial charge in [-0.25, -0.2) is 9.98 Å². The molecule has 9 heteroatoms. The molecule has 6 heterocycles. The van der Waals surface area contributed by atoms with Gasteiger partial charge < -0.3 is 24.8 Å². The van der Waals surface area contributed by atoms with E-state index >= 15 is 0 Å². The zero-order valence-corrected chi connectivity index (χ0v) is 21.8. The molecule has 0 saturated carbocycles. The number of pyridine rings is 2. The largest absolute Gasteiger partial charge is 0.381 e. The molecule has 0 radical (unpaired) electrons. The second-order valence-electron chi connectivity index (χ2n) is 10.8. The minimum Gasteiger partial charge on any atom is -0.381 e. The first-order chi connectivity index (χ1) is 17.8. The van der Waals surface area contributed by atoms with Gasteiger partial charge >= 0.3 is 0 Å². The molecule has 9 nitrogen and oxygen atoms in total. The van der Waals surface area contributed by atoms with Crippen molar-refractivity contribution in [1.82, 2.24) is 24.8 Å². The van der Waals surface area contributed by atoms with E-state index in [1.807, 2.05) is 29.9 Å². The van der Waals surface area contributed by atoms with Crippen molar-refractivity contribution >= 4 is 28.3 Å². The molecule has 3 aromatic rings. The third-order valence-electron chi connectivity index (χ3n) is 8.05. The van der Waals surface area contributed by atoms with E-state index in [1.165, 1.54) is 0 Å². The minimum absolute atomic E-state index is 0.0459. The molecule has 0 bridgehead atoms. The number of rotatable bonds is 6. The molecular weight excluding hydrogens is 466 g/mol. The lowest BCUT2D eigenvalue weighted by Gasteiger charge is -2.39. The van der Waals surface area contributed by atoms with Gasteiger partial charge in [-0.2, -0.15) is 0 Å². The summed E-state index contributed by atoms with van der Waals surface area (Å²) in [6.07, 6.45) is 9.63. The van der Waals surface area contributed by atoms with E-state index in [-0.39, 0.29) is 11.3 Å². The van der Waals surface area contributed by atoms with Crippen LogP contribution in [0.4, 0.5) is 5.69 Å². The summed E-state index contributed by atoms with van der Waals surface area (Å²) in [4.78, 5) is 29.6. The Morgan fingerprint density at radius 3 is 2.95 bits per heavy atom. The van der Waals surface area contributed by atoms with E-state index in [0.29, 0.717) is 23.7 Å². The van der Waals surface area contributed by atoms with Gasteiger partial charge in [-0.3, -0.25) is 9.78 Å². The molecule has 3 aliphatic rings. The van der Waals surface area contributed by atoms with Crippen LogP contribution in [0.1, 0.15) is 35.7 Å². The van der Waals surface area contributed by atoms with E-state index in [2.05, 4.69) is 47.6 Å². The van der Waals surface area contributed by atoms with Crippen LogP contribution in [0.3, 0.4) is 0 Å². The predicted octanol–water partition coefficient (Wildman–Crippen LogP) is 3.58. The van der Waals surface area contributed by atoms with Gasteiger partial charge in [0.15, 0.2) is 0 Å². The molecule has 37 heavy (non-hydrogen) atoms. The van der Waals surface area contributed by atoms with Gasteiger partial charge in [0.2, 0.25) is 0 Å². The number of fused-ring (bicyclic) bond motifs is 2. The molecule has 0 spiro atoms. The van der Waals surface area contributed by atoms with Crippen molar-refractivity contribution in [1.29, 1.82) is 0 Å². The van der Waals surface area contributed by atoms with Crippen molar-refractivity contribution in [2.45, 2.75) is 26.3 Å². The lowest BCUT2D eigenvalue weighted by atomic mass is 9.69. The van der Waals surface area contributed by atoms with Crippen molar-refractivity contribution in [3.05, 3.63) is 53.7 Å². The fourth-order valence-electron chi connectivity index (χ4n) is 5.86. The van der Waals surface area contributed by atoms with Crippen LogP contribution in [-0.2, 0) is 18.3 Å². The van der Waals surface area contributed by atoms with E-state index < -0.39 is 0 Å². The Kier molecular flexibility index (Phi) is 5.84. The summed E-state index contributed by atoms with van der Waals surface area (Å²) in [5.74, 6) is 1.12. The molecule has 0 aliphatic carbocycles. The Hall–Kier alpha value is -3.56. The van der Waals surface area contributed by atoms with Gasteiger partial charge in [0.05, 0.1) is 29.7 Å². The van der Waals surface area contributed by atoms with Crippen LogP contribution in [0.25, 0.3) is 22.3 Å². The summed E-state index contributed by atoms with van der Waals surface area (Å²) in [5.41, 5.74) is 5.98. The zero-order valence-electron chi connectivity index (χ0n) is 21.8. The van der Waals surface area contributed by atoms with Crippen LogP contribution in [0, 0.1) is 11.3 Å². The van der Waals surface area contributed by atoms with Gasteiger partial charge in [0.1, 0.15) is 11.5 Å². The number of anilines is 1. The van der Waals surface area contributed by atoms with Gasteiger partial charge in [0, 0.05) is 66.8 Å². The third-order valence-corrected chi connectivity index (χ3v) is 8.05. The number of carbonyl (C=O) groups is 1. The highest BCUT2D eigenvalue weighted by atomic mass is 16.5. The first-order valence-corrected chi connectivity index (χ1v) is 12.8. The quantitative estimate of drug-likeness (QED) is 0.538. The van der Waals surface area contributed by atoms with Crippen molar-refractivity contribution in [3.8, 4) is 11.3 Å². The summed E-state index contributed by atoms with van der Waals surface area (Å²) >= 11 is 0. The number of aryl methyl sites for hydroxylation is 1. The summed E-state index contributed by atoms with van der Waals surface area (Å²) in [7, 11) is 6.12. The van der Waals surface area contributed by atoms with Crippen LogP contribution in [0.2, 0.25) is 0 Å². The van der Waals surface area contributed by atoms with Crippen LogP contribution >= 0.6 is 0 Å². The lowest BCUT2D eigenvalue weighted by molar-refractivity contribution is 0.0966. The standard InChI is InChI=1S/C28H33N7O2/c1-28(17-8-12-37-16-17)9-5-23(33-22(28)15-34(2)3)32-21-14-30-25(20-13-31-27(36)24(20)21)18-6-10-29-26-19(18)7-11-35(26)4/h5-7,10-11,14,17,32H,8-9,12-13,15-16H2,1-4H3,(H,31,36)/t17-,28?/m1/s1. The predicted molar refractivity (Wildman–Crippen MR) is 144 cm³/mol. The van der Waals surface area contributed by atoms with Crippen molar-refractivity contribution < 1.29 is 9.53 Å². The van der Waals surface area contributed by atoms with E-state index in [0.717, 1.165) is 72.0 Å². The second kappa shape index (κ2) is 9.08. The second-order valence-corrected chi connectivity index (χ2v) is 10.8. The van der Waals surface area contributed by atoms with Crippen molar-refractivity contribution in [3.63, 3.8) is 0 Å². The maximum atomic E-state index is 13.0. The van der Waals surface area contributed by atoms with Gasteiger partial charge in [-0.1, -0.05) is 6.92 Å². The highest BCUT2D eigenvalue weighted by Crippen LogP contribution is 2.42. The van der Waals surface area contributed by atoms with Crippen LogP contribution < -0.4 is 10.6 Å². The average molecular weight is 500 g/mol. The number of amides is 1. The topological polar surface area (TPSA) is 96.7 Å². The van der Waals surface area contributed by atoms with Gasteiger partial charge in [0.25, 0.3) is 5.91 Å². The van der Waals surface area contributed by atoms with E-state index in [4.69, 9.17) is 14.7 Å². The zero-order chi connectivity index (χ0) is 25.7. The molecule has 2 N–H and O–H groups in total. The number of aromatic nitrogens is 3. The Bertz CT molecular complexity index is 1450. The first-order valence-electron chi connectivity index (χ1n) is 12.8. The number of allylic oxidation sites excluding steroid dienone is 1. The number of nitrogens with zero attached hydrogens (tertiary/aromatic N) is 5. The number of ether oxygens (including phenoxy) is 1. The van der Waals surface area contributed by atoms with Gasteiger partial charge in [-0.05, 0) is 51.1 Å². The molecule has 1 saturated heterocycles.